The maximum Gasteiger partial charge on any atom is 0.0558 e. The number of aliphatic hydroxyl groups excluding tert-OH is 1. The topological polar surface area (TPSA) is 23.5 Å². The quantitative estimate of drug-likeness (QED) is 0.530. The van der Waals surface area contributed by atoms with Crippen molar-refractivity contribution in [2.45, 2.75) is 153 Å². The Kier molecular flexibility index (Phi) is 14.4. The van der Waals surface area contributed by atoms with Gasteiger partial charge < -0.3 is 5.11 Å². The lowest BCUT2D eigenvalue weighted by Crippen LogP contribution is -2.45. The molecule has 0 radical (unpaired) electrons. The molecule has 2 aliphatic carbocycles. The van der Waals surface area contributed by atoms with Crippen LogP contribution in [0.2, 0.25) is 0 Å². The zero-order chi connectivity index (χ0) is 19.7. The lowest BCUT2D eigenvalue weighted by molar-refractivity contribution is 0.0760. The third-order valence-corrected chi connectivity index (χ3v) is 7.45. The van der Waals surface area contributed by atoms with Crippen LogP contribution in [-0.2, 0) is 0 Å². The molecule has 2 fully saturated rings. The number of rotatable bonds is 4. The summed E-state index contributed by atoms with van der Waals surface area (Å²) in [6.07, 6.45) is 31.3. The Bertz CT molecular complexity index is 291. The summed E-state index contributed by atoms with van der Waals surface area (Å²) in [7, 11) is 0. The van der Waals surface area contributed by atoms with E-state index < -0.39 is 0 Å². The van der Waals surface area contributed by atoms with Gasteiger partial charge in [-0.15, -0.1) is 0 Å². The largest absolute Gasteiger partial charge is 0.395 e. The summed E-state index contributed by atoms with van der Waals surface area (Å²) < 4.78 is 0. The monoisotopic (exact) mass is 393 g/mol. The zero-order valence-corrected chi connectivity index (χ0v) is 19.0. The van der Waals surface area contributed by atoms with Crippen molar-refractivity contribution in [3.8, 4) is 0 Å². The molecule has 0 bridgehead atoms. The van der Waals surface area contributed by atoms with Gasteiger partial charge in [-0.2, -0.15) is 0 Å². The smallest absolute Gasteiger partial charge is 0.0558 e. The Balaban J connectivity index is 1.96. The highest BCUT2D eigenvalue weighted by Crippen LogP contribution is 2.27. The molecule has 0 aliphatic heterocycles. The second-order valence-corrected chi connectivity index (χ2v) is 9.79. The van der Waals surface area contributed by atoms with Crippen LogP contribution in [0, 0.1) is 0 Å². The first-order valence-electron chi connectivity index (χ1n) is 13.3. The van der Waals surface area contributed by atoms with Crippen LogP contribution in [0.25, 0.3) is 0 Å². The fourth-order valence-electron chi connectivity index (χ4n) is 5.73. The molecule has 0 aromatic rings. The van der Waals surface area contributed by atoms with Crippen LogP contribution in [0.1, 0.15) is 141 Å². The van der Waals surface area contributed by atoms with Crippen LogP contribution in [0.4, 0.5) is 0 Å². The molecule has 166 valence electrons. The second-order valence-electron chi connectivity index (χ2n) is 9.79. The molecule has 2 nitrogen and oxygen atoms in total. The maximum atomic E-state index is 9.87. The van der Waals surface area contributed by atoms with Gasteiger partial charge in [-0.25, -0.2) is 0 Å². The standard InChI is InChI=1S/C26H51NO/c28-24-23-27(25-19-15-11-7-3-1-4-8-12-16-20-25)26-21-17-13-9-5-2-6-10-14-18-22-26/h25-26,28H,1-24H2. The molecular formula is C26H51NO. The first-order chi connectivity index (χ1) is 13.9. The van der Waals surface area contributed by atoms with Crippen molar-refractivity contribution in [1.29, 1.82) is 0 Å². The molecule has 0 aromatic carbocycles. The molecule has 2 saturated carbocycles. The second kappa shape index (κ2) is 16.7. The fourth-order valence-corrected chi connectivity index (χ4v) is 5.73. The van der Waals surface area contributed by atoms with Crippen molar-refractivity contribution < 1.29 is 5.11 Å². The Labute approximate surface area is 176 Å². The molecule has 1 N–H and O–H groups in total. The SMILES string of the molecule is OCCN(C1CCCCCCCCCCC1)C1CCCCCCCCCCC1. The predicted molar refractivity (Wildman–Crippen MR) is 123 cm³/mol. The van der Waals surface area contributed by atoms with E-state index >= 15 is 0 Å². The molecule has 2 rings (SSSR count). The van der Waals surface area contributed by atoms with Gasteiger partial charge in [-0.1, -0.05) is 116 Å². The summed E-state index contributed by atoms with van der Waals surface area (Å²) in [5, 5.41) is 9.87. The van der Waals surface area contributed by atoms with E-state index in [1.165, 1.54) is 141 Å². The van der Waals surface area contributed by atoms with Crippen molar-refractivity contribution in [3.63, 3.8) is 0 Å². The molecule has 0 unspecified atom stereocenters. The highest BCUT2D eigenvalue weighted by molar-refractivity contribution is 4.80. The van der Waals surface area contributed by atoms with Gasteiger partial charge in [0.25, 0.3) is 0 Å². The highest BCUT2D eigenvalue weighted by Gasteiger charge is 2.25. The van der Waals surface area contributed by atoms with Crippen LogP contribution >= 0.6 is 0 Å². The van der Waals surface area contributed by atoms with Crippen LogP contribution in [0.5, 0.6) is 0 Å². The van der Waals surface area contributed by atoms with E-state index in [1.807, 2.05) is 0 Å². The fraction of sp³-hybridized carbons (Fsp3) is 1.00. The van der Waals surface area contributed by atoms with Gasteiger partial charge in [0, 0.05) is 18.6 Å². The Morgan fingerprint density at radius 1 is 0.429 bits per heavy atom. The van der Waals surface area contributed by atoms with Gasteiger partial charge in [0.2, 0.25) is 0 Å². The number of hydrogen-bond donors (Lipinski definition) is 1. The lowest BCUT2D eigenvalue weighted by atomic mass is 9.92. The number of nitrogens with zero attached hydrogens (tertiary/aromatic N) is 1. The number of hydrogen-bond acceptors (Lipinski definition) is 2. The van der Waals surface area contributed by atoms with Gasteiger partial charge in [-0.05, 0) is 25.7 Å². The van der Waals surface area contributed by atoms with Crippen LogP contribution in [0.3, 0.4) is 0 Å². The maximum absolute atomic E-state index is 9.87. The number of aliphatic hydroxyl groups is 1. The average Bonchev–Trinajstić information content (AvgIpc) is 2.68. The van der Waals surface area contributed by atoms with E-state index in [4.69, 9.17) is 0 Å². The minimum Gasteiger partial charge on any atom is -0.395 e. The van der Waals surface area contributed by atoms with E-state index in [1.54, 1.807) is 0 Å². The normalized spacial score (nSPS) is 24.6. The van der Waals surface area contributed by atoms with E-state index in [0.29, 0.717) is 6.61 Å². The summed E-state index contributed by atoms with van der Waals surface area (Å²) in [6.45, 7) is 1.25. The molecule has 0 heterocycles. The summed E-state index contributed by atoms with van der Waals surface area (Å²) in [6, 6.07) is 1.45. The summed E-state index contributed by atoms with van der Waals surface area (Å²) in [5.41, 5.74) is 0. The molecular weight excluding hydrogens is 342 g/mol. The van der Waals surface area contributed by atoms with Gasteiger partial charge >= 0.3 is 0 Å². The van der Waals surface area contributed by atoms with E-state index in [2.05, 4.69) is 4.90 Å². The molecule has 0 aromatic heterocycles. The van der Waals surface area contributed by atoms with Crippen molar-refractivity contribution in [3.05, 3.63) is 0 Å². The Morgan fingerprint density at radius 3 is 0.929 bits per heavy atom. The average molecular weight is 394 g/mol. The van der Waals surface area contributed by atoms with Crippen molar-refractivity contribution in [1.82, 2.24) is 4.90 Å². The predicted octanol–water partition coefficient (Wildman–Crippen LogP) is 7.63. The lowest BCUT2D eigenvalue weighted by Gasteiger charge is -2.39. The first-order valence-corrected chi connectivity index (χ1v) is 13.3. The minimum absolute atomic E-state index is 0.340. The van der Waals surface area contributed by atoms with Crippen molar-refractivity contribution in [2.24, 2.45) is 0 Å². The van der Waals surface area contributed by atoms with Crippen LogP contribution in [0.15, 0.2) is 0 Å². The zero-order valence-electron chi connectivity index (χ0n) is 19.0. The molecule has 2 aliphatic rings. The molecule has 0 atom stereocenters. The molecule has 0 saturated heterocycles. The van der Waals surface area contributed by atoms with E-state index in [-0.39, 0.29) is 0 Å². The third-order valence-electron chi connectivity index (χ3n) is 7.45. The third kappa shape index (κ3) is 10.6. The van der Waals surface area contributed by atoms with Crippen molar-refractivity contribution >= 4 is 0 Å². The van der Waals surface area contributed by atoms with E-state index in [0.717, 1.165) is 18.6 Å². The van der Waals surface area contributed by atoms with Crippen LogP contribution in [-0.4, -0.2) is 35.2 Å². The summed E-state index contributed by atoms with van der Waals surface area (Å²) >= 11 is 0. The molecule has 28 heavy (non-hydrogen) atoms. The Hall–Kier alpha value is -0.0800. The van der Waals surface area contributed by atoms with Crippen molar-refractivity contribution in [2.75, 3.05) is 13.2 Å². The summed E-state index contributed by atoms with van der Waals surface area (Å²) in [4.78, 5) is 2.80. The highest BCUT2D eigenvalue weighted by atomic mass is 16.3. The summed E-state index contributed by atoms with van der Waals surface area (Å²) in [5.74, 6) is 0. The van der Waals surface area contributed by atoms with E-state index in [9.17, 15) is 5.11 Å². The molecule has 0 spiro atoms. The Morgan fingerprint density at radius 2 is 0.679 bits per heavy atom. The van der Waals surface area contributed by atoms with Gasteiger partial charge in [0.05, 0.1) is 6.61 Å². The molecule has 0 amide bonds. The van der Waals surface area contributed by atoms with Gasteiger partial charge in [0.1, 0.15) is 0 Å². The van der Waals surface area contributed by atoms with Crippen LogP contribution < -0.4 is 0 Å². The van der Waals surface area contributed by atoms with Gasteiger partial charge in [0.15, 0.2) is 0 Å². The molecule has 2 heteroatoms. The first kappa shape index (κ1) is 24.2. The minimum atomic E-state index is 0.340. The van der Waals surface area contributed by atoms with Gasteiger partial charge in [-0.3, -0.25) is 4.90 Å².